The molecule has 114 valence electrons. The summed E-state index contributed by atoms with van der Waals surface area (Å²) in [7, 11) is 0. The molecular weight excluding hydrogens is 258 g/mol. The molecule has 0 aromatic carbocycles. The van der Waals surface area contributed by atoms with Crippen molar-refractivity contribution in [1.82, 2.24) is 0 Å². The molecule has 0 amide bonds. The van der Waals surface area contributed by atoms with E-state index in [2.05, 4.69) is 30.2 Å². The summed E-state index contributed by atoms with van der Waals surface area (Å²) in [6, 6.07) is 2.44. The number of nitrogens with zero attached hydrogens (tertiary/aromatic N) is 1. The van der Waals surface area contributed by atoms with Crippen LogP contribution in [-0.2, 0) is 19.3 Å². The van der Waals surface area contributed by atoms with Crippen LogP contribution in [-0.4, -0.2) is 6.54 Å². The van der Waals surface area contributed by atoms with Gasteiger partial charge in [-0.1, -0.05) is 20.3 Å². The van der Waals surface area contributed by atoms with Gasteiger partial charge in [-0.05, 0) is 56.1 Å². The second-order valence-corrected chi connectivity index (χ2v) is 6.01. The van der Waals surface area contributed by atoms with Gasteiger partial charge in [-0.25, -0.2) is 4.98 Å². The van der Waals surface area contributed by atoms with E-state index in [4.69, 9.17) is 0 Å². The van der Waals surface area contributed by atoms with Gasteiger partial charge in [0.2, 0.25) is 0 Å². The van der Waals surface area contributed by atoms with E-state index in [0.29, 0.717) is 0 Å². The lowest BCUT2D eigenvalue weighted by atomic mass is 9.87. The van der Waals surface area contributed by atoms with Crippen molar-refractivity contribution in [2.45, 2.75) is 71.6 Å². The highest BCUT2D eigenvalue weighted by Crippen LogP contribution is 2.28. The summed E-state index contributed by atoms with van der Waals surface area (Å²) in [6.07, 6.45) is 10.5. The number of nitriles is 1. The molecule has 0 radical (unpaired) electrons. The molecule has 0 saturated heterocycles. The molecule has 0 unspecified atom stereocenters. The molecule has 3 heteroatoms. The first kappa shape index (κ1) is 15.8. The van der Waals surface area contributed by atoms with E-state index in [-0.39, 0.29) is 0 Å². The largest absolute Gasteiger partial charge is 0.290 e. The zero-order chi connectivity index (χ0) is 15.1. The summed E-state index contributed by atoms with van der Waals surface area (Å²) in [5.41, 5.74) is 4.95. The molecule has 2 N–H and O–H groups in total. The van der Waals surface area contributed by atoms with Crippen molar-refractivity contribution in [3.05, 3.63) is 22.4 Å². The fraction of sp³-hybridized carbons (Fsp3) is 0.667. The average molecular weight is 286 g/mol. The molecular formula is C18H28N3+. The molecule has 0 bridgehead atoms. The maximum atomic E-state index is 9.59. The van der Waals surface area contributed by atoms with Crippen LogP contribution in [0.1, 0.15) is 74.8 Å². The van der Waals surface area contributed by atoms with E-state index < -0.39 is 0 Å². The third-order valence-corrected chi connectivity index (χ3v) is 4.35. The van der Waals surface area contributed by atoms with Gasteiger partial charge in [-0.2, -0.15) is 5.26 Å². The third kappa shape index (κ3) is 3.75. The summed E-state index contributed by atoms with van der Waals surface area (Å²) in [5.74, 6) is 0.956. The maximum Gasteiger partial charge on any atom is 0.290 e. The number of hydrogen-bond acceptors (Lipinski definition) is 2. The Morgan fingerprint density at radius 1 is 1.10 bits per heavy atom. The first-order valence-corrected chi connectivity index (χ1v) is 8.55. The second kappa shape index (κ2) is 8.02. The SMILES string of the molecule is CCCCCNc1[nH+]c(CCC)c2c(c1C#N)CCCC2. The lowest BCUT2D eigenvalue weighted by Crippen LogP contribution is -2.26. The van der Waals surface area contributed by atoms with Crippen LogP contribution in [0.5, 0.6) is 0 Å². The van der Waals surface area contributed by atoms with E-state index in [1.807, 2.05) is 0 Å². The average Bonchev–Trinajstić information content (AvgIpc) is 2.52. The zero-order valence-electron chi connectivity index (χ0n) is 13.5. The lowest BCUT2D eigenvalue weighted by Gasteiger charge is -2.19. The zero-order valence-corrected chi connectivity index (χ0v) is 13.5. The molecule has 0 fully saturated rings. The number of rotatable bonds is 7. The van der Waals surface area contributed by atoms with Crippen molar-refractivity contribution in [2.75, 3.05) is 11.9 Å². The van der Waals surface area contributed by atoms with Crippen LogP contribution in [0.3, 0.4) is 0 Å². The van der Waals surface area contributed by atoms with Crippen molar-refractivity contribution in [1.29, 1.82) is 5.26 Å². The predicted molar refractivity (Wildman–Crippen MR) is 86.4 cm³/mol. The van der Waals surface area contributed by atoms with Gasteiger partial charge >= 0.3 is 0 Å². The highest BCUT2D eigenvalue weighted by Gasteiger charge is 2.24. The Hall–Kier alpha value is -1.56. The molecule has 1 aliphatic rings. The number of nitrogens with one attached hydrogen (secondary N) is 2. The Balaban J connectivity index is 2.30. The second-order valence-electron chi connectivity index (χ2n) is 6.01. The molecule has 0 spiro atoms. The van der Waals surface area contributed by atoms with Crippen molar-refractivity contribution >= 4 is 5.82 Å². The third-order valence-electron chi connectivity index (χ3n) is 4.35. The van der Waals surface area contributed by atoms with E-state index in [1.54, 1.807) is 0 Å². The summed E-state index contributed by atoms with van der Waals surface area (Å²) in [4.78, 5) is 3.54. The lowest BCUT2D eigenvalue weighted by molar-refractivity contribution is -0.375. The molecule has 3 nitrogen and oxygen atoms in total. The van der Waals surface area contributed by atoms with E-state index in [0.717, 1.165) is 50.0 Å². The first-order chi connectivity index (χ1) is 10.3. The summed E-state index contributed by atoms with van der Waals surface area (Å²) in [5, 5.41) is 13.1. The topological polar surface area (TPSA) is 50.0 Å². The van der Waals surface area contributed by atoms with Crippen molar-refractivity contribution in [3.8, 4) is 6.07 Å². The minimum atomic E-state index is 0.862. The van der Waals surface area contributed by atoms with Crippen LogP contribution >= 0.6 is 0 Å². The van der Waals surface area contributed by atoms with E-state index >= 15 is 0 Å². The molecule has 1 heterocycles. The molecule has 21 heavy (non-hydrogen) atoms. The molecule has 1 aromatic heterocycles. The van der Waals surface area contributed by atoms with Gasteiger partial charge in [0.05, 0.1) is 6.54 Å². The highest BCUT2D eigenvalue weighted by molar-refractivity contribution is 5.56. The summed E-state index contributed by atoms with van der Waals surface area (Å²) < 4.78 is 0. The van der Waals surface area contributed by atoms with Crippen LogP contribution in [0.15, 0.2) is 0 Å². The molecule has 1 aromatic rings. The van der Waals surface area contributed by atoms with Crippen LogP contribution < -0.4 is 10.3 Å². The maximum absolute atomic E-state index is 9.59. The van der Waals surface area contributed by atoms with Gasteiger partial charge in [-0.15, -0.1) is 0 Å². The smallest absolute Gasteiger partial charge is 0.273 e. The fourth-order valence-corrected chi connectivity index (χ4v) is 3.26. The Bertz CT molecular complexity index is 514. The molecule has 0 atom stereocenters. The Kier molecular flexibility index (Phi) is 6.04. The number of aryl methyl sites for hydroxylation is 1. The minimum Gasteiger partial charge on any atom is -0.273 e. The number of aromatic amines is 1. The highest BCUT2D eigenvalue weighted by atomic mass is 15.0. The van der Waals surface area contributed by atoms with Gasteiger partial charge in [0.15, 0.2) is 0 Å². The number of unbranched alkanes of at least 4 members (excludes halogenated alkanes) is 2. The Morgan fingerprint density at radius 2 is 1.86 bits per heavy atom. The monoisotopic (exact) mass is 286 g/mol. The summed E-state index contributed by atoms with van der Waals surface area (Å²) in [6.45, 7) is 5.38. The van der Waals surface area contributed by atoms with Crippen molar-refractivity contribution < 1.29 is 4.98 Å². The quantitative estimate of drug-likeness (QED) is 0.775. The van der Waals surface area contributed by atoms with Crippen molar-refractivity contribution in [2.24, 2.45) is 0 Å². The minimum absolute atomic E-state index is 0.862. The number of aromatic nitrogens is 1. The van der Waals surface area contributed by atoms with Crippen LogP contribution in [0.2, 0.25) is 0 Å². The van der Waals surface area contributed by atoms with E-state index in [1.165, 1.54) is 42.5 Å². The number of anilines is 1. The normalized spacial score (nSPS) is 13.6. The number of pyridine rings is 1. The number of H-pyrrole nitrogens is 1. The van der Waals surface area contributed by atoms with Gasteiger partial charge in [0, 0.05) is 6.42 Å². The summed E-state index contributed by atoms with van der Waals surface area (Å²) >= 11 is 0. The van der Waals surface area contributed by atoms with Crippen LogP contribution in [0.25, 0.3) is 0 Å². The number of hydrogen-bond donors (Lipinski definition) is 1. The standard InChI is InChI=1S/C18H27N3/c1-3-5-8-12-20-18-16(13-19)14-10-6-7-11-15(14)17(21-18)9-4-2/h3-12H2,1-2H3,(H,20,21)/p+1. The first-order valence-electron chi connectivity index (χ1n) is 8.55. The van der Waals surface area contributed by atoms with Crippen molar-refractivity contribution in [3.63, 3.8) is 0 Å². The Labute approximate surface area is 128 Å². The van der Waals surface area contributed by atoms with E-state index in [9.17, 15) is 5.26 Å². The Morgan fingerprint density at radius 3 is 2.52 bits per heavy atom. The van der Waals surface area contributed by atoms with Gasteiger partial charge in [0.25, 0.3) is 5.82 Å². The number of fused-ring (bicyclic) bond motifs is 1. The predicted octanol–water partition coefficient (Wildman–Crippen LogP) is 3.81. The molecule has 0 aliphatic heterocycles. The van der Waals surface area contributed by atoms with Gasteiger partial charge in [0.1, 0.15) is 17.3 Å². The van der Waals surface area contributed by atoms with Gasteiger partial charge < -0.3 is 0 Å². The molecule has 2 rings (SSSR count). The molecule has 0 saturated carbocycles. The molecule has 1 aliphatic carbocycles. The van der Waals surface area contributed by atoms with Crippen LogP contribution in [0, 0.1) is 11.3 Å². The van der Waals surface area contributed by atoms with Gasteiger partial charge in [-0.3, -0.25) is 5.32 Å². The fourth-order valence-electron chi connectivity index (χ4n) is 3.26. The van der Waals surface area contributed by atoms with Crippen LogP contribution in [0.4, 0.5) is 5.82 Å².